The predicted octanol–water partition coefficient (Wildman–Crippen LogP) is 1.69. The Bertz CT molecular complexity index is 414. The highest BCUT2D eigenvalue weighted by atomic mass is 16.5. The second kappa shape index (κ2) is 5.19. The third-order valence-corrected chi connectivity index (χ3v) is 2.81. The molecule has 0 aliphatic heterocycles. The number of hydrogen-bond donors (Lipinski definition) is 2. The van der Waals surface area contributed by atoms with E-state index in [1.165, 1.54) is 12.8 Å². The number of ether oxygens (including phenoxy) is 1. The van der Waals surface area contributed by atoms with Gasteiger partial charge in [0.1, 0.15) is 5.75 Å². The Morgan fingerprint density at radius 1 is 1.47 bits per heavy atom. The van der Waals surface area contributed by atoms with Crippen LogP contribution in [0.15, 0.2) is 18.2 Å². The minimum Gasteiger partial charge on any atom is -0.496 e. The molecule has 1 amide bonds. The third-order valence-electron chi connectivity index (χ3n) is 2.81. The van der Waals surface area contributed by atoms with Crippen molar-refractivity contribution in [3.63, 3.8) is 0 Å². The molecule has 0 atom stereocenters. The molecule has 0 unspecified atom stereocenters. The molecule has 1 aromatic carbocycles. The van der Waals surface area contributed by atoms with Gasteiger partial charge in [0.25, 0.3) is 0 Å². The van der Waals surface area contributed by atoms with Gasteiger partial charge in [-0.05, 0) is 43.5 Å². The fraction of sp³-hybridized carbons (Fsp3) is 0.462. The lowest BCUT2D eigenvalue weighted by atomic mass is 10.2. The van der Waals surface area contributed by atoms with E-state index in [1.807, 2.05) is 25.1 Å². The van der Waals surface area contributed by atoms with Crippen molar-refractivity contribution >= 4 is 11.6 Å². The van der Waals surface area contributed by atoms with Crippen molar-refractivity contribution in [1.29, 1.82) is 0 Å². The van der Waals surface area contributed by atoms with Gasteiger partial charge in [-0.3, -0.25) is 4.79 Å². The molecule has 2 rings (SSSR count). The largest absolute Gasteiger partial charge is 0.496 e. The van der Waals surface area contributed by atoms with Crippen LogP contribution in [0.25, 0.3) is 0 Å². The van der Waals surface area contributed by atoms with Gasteiger partial charge in [-0.1, -0.05) is 0 Å². The highest BCUT2D eigenvalue weighted by molar-refractivity contribution is 5.92. The molecule has 2 N–H and O–H groups in total. The highest BCUT2D eigenvalue weighted by Crippen LogP contribution is 2.21. The van der Waals surface area contributed by atoms with E-state index in [4.69, 9.17) is 4.74 Å². The van der Waals surface area contributed by atoms with Crippen molar-refractivity contribution in [2.75, 3.05) is 19.0 Å². The number of hydrogen-bond acceptors (Lipinski definition) is 3. The second-order valence-electron chi connectivity index (χ2n) is 4.39. The number of carbonyl (C=O) groups excluding carboxylic acids is 1. The average Bonchev–Trinajstić information content (AvgIpc) is 3.10. The van der Waals surface area contributed by atoms with Gasteiger partial charge in [0.2, 0.25) is 5.91 Å². The number of carbonyl (C=O) groups is 1. The summed E-state index contributed by atoms with van der Waals surface area (Å²) in [5.74, 6) is 0.834. The molecule has 0 saturated heterocycles. The Hall–Kier alpha value is -1.55. The maximum Gasteiger partial charge on any atom is 0.238 e. The first kappa shape index (κ1) is 11.9. The zero-order chi connectivity index (χ0) is 12.3. The molecule has 92 valence electrons. The minimum absolute atomic E-state index is 0.00136. The number of anilines is 1. The van der Waals surface area contributed by atoms with E-state index in [0.717, 1.165) is 17.0 Å². The van der Waals surface area contributed by atoms with Gasteiger partial charge < -0.3 is 15.4 Å². The van der Waals surface area contributed by atoms with E-state index >= 15 is 0 Å². The van der Waals surface area contributed by atoms with Crippen LogP contribution < -0.4 is 15.4 Å². The Morgan fingerprint density at radius 3 is 2.82 bits per heavy atom. The normalized spacial score (nSPS) is 14.5. The van der Waals surface area contributed by atoms with E-state index in [1.54, 1.807) is 7.11 Å². The maximum absolute atomic E-state index is 11.6. The Kier molecular flexibility index (Phi) is 3.64. The van der Waals surface area contributed by atoms with Crippen molar-refractivity contribution in [2.24, 2.45) is 0 Å². The molecule has 0 bridgehead atoms. The minimum atomic E-state index is 0.00136. The van der Waals surface area contributed by atoms with Crippen LogP contribution in [0.2, 0.25) is 0 Å². The topological polar surface area (TPSA) is 50.4 Å². The molecule has 1 aromatic rings. The number of benzene rings is 1. The molecule has 1 aliphatic rings. The molecular formula is C13H18N2O2. The van der Waals surface area contributed by atoms with Gasteiger partial charge in [0.05, 0.1) is 13.7 Å². The first-order valence-corrected chi connectivity index (χ1v) is 5.87. The molecule has 1 fully saturated rings. The summed E-state index contributed by atoms with van der Waals surface area (Å²) < 4.78 is 5.17. The summed E-state index contributed by atoms with van der Waals surface area (Å²) in [7, 11) is 1.64. The quantitative estimate of drug-likeness (QED) is 0.815. The summed E-state index contributed by atoms with van der Waals surface area (Å²) in [4.78, 5) is 11.6. The number of aryl methyl sites for hydroxylation is 1. The molecule has 0 aromatic heterocycles. The van der Waals surface area contributed by atoms with E-state index < -0.39 is 0 Å². The van der Waals surface area contributed by atoms with Crippen molar-refractivity contribution in [3.05, 3.63) is 23.8 Å². The van der Waals surface area contributed by atoms with Crippen molar-refractivity contribution in [3.8, 4) is 5.75 Å². The Labute approximate surface area is 101 Å². The standard InChI is InChI=1S/C13H18N2O2/c1-9-7-11(5-6-12(9)17-2)15-13(16)8-14-10-3-4-10/h5-7,10,14H,3-4,8H2,1-2H3,(H,15,16). The number of amides is 1. The Balaban J connectivity index is 1.88. The smallest absolute Gasteiger partial charge is 0.238 e. The summed E-state index contributed by atoms with van der Waals surface area (Å²) in [6, 6.07) is 6.17. The summed E-state index contributed by atoms with van der Waals surface area (Å²) in [6.07, 6.45) is 2.38. The van der Waals surface area contributed by atoms with Crippen LogP contribution in [-0.4, -0.2) is 25.6 Å². The number of rotatable bonds is 5. The summed E-state index contributed by atoms with van der Waals surface area (Å²) in [5, 5.41) is 6.04. The fourth-order valence-electron chi connectivity index (χ4n) is 1.69. The molecule has 1 aliphatic carbocycles. The summed E-state index contributed by atoms with van der Waals surface area (Å²) in [6.45, 7) is 2.34. The maximum atomic E-state index is 11.6. The fourth-order valence-corrected chi connectivity index (χ4v) is 1.69. The first-order chi connectivity index (χ1) is 8.19. The lowest BCUT2D eigenvalue weighted by Gasteiger charge is -2.09. The van der Waals surface area contributed by atoms with Crippen LogP contribution in [0.5, 0.6) is 5.75 Å². The van der Waals surface area contributed by atoms with Crippen LogP contribution in [0.3, 0.4) is 0 Å². The van der Waals surface area contributed by atoms with Gasteiger partial charge in [0, 0.05) is 11.7 Å². The molecule has 1 saturated carbocycles. The SMILES string of the molecule is COc1ccc(NC(=O)CNC2CC2)cc1C. The number of nitrogens with one attached hydrogen (secondary N) is 2. The van der Waals surface area contributed by atoms with Crippen molar-refractivity contribution in [1.82, 2.24) is 5.32 Å². The van der Waals surface area contributed by atoms with E-state index in [9.17, 15) is 4.79 Å². The monoisotopic (exact) mass is 234 g/mol. The molecule has 4 heteroatoms. The molecular weight excluding hydrogens is 216 g/mol. The van der Waals surface area contributed by atoms with Crippen LogP contribution in [0, 0.1) is 6.92 Å². The second-order valence-corrected chi connectivity index (χ2v) is 4.39. The lowest BCUT2D eigenvalue weighted by molar-refractivity contribution is -0.115. The van der Waals surface area contributed by atoms with Crippen molar-refractivity contribution in [2.45, 2.75) is 25.8 Å². The van der Waals surface area contributed by atoms with E-state index in [0.29, 0.717) is 12.6 Å². The van der Waals surface area contributed by atoms with Gasteiger partial charge >= 0.3 is 0 Å². The van der Waals surface area contributed by atoms with Crippen LogP contribution in [-0.2, 0) is 4.79 Å². The van der Waals surface area contributed by atoms with Crippen LogP contribution >= 0.6 is 0 Å². The molecule has 0 radical (unpaired) electrons. The van der Waals surface area contributed by atoms with E-state index in [-0.39, 0.29) is 5.91 Å². The van der Waals surface area contributed by atoms with Gasteiger partial charge in [-0.25, -0.2) is 0 Å². The van der Waals surface area contributed by atoms with E-state index in [2.05, 4.69) is 10.6 Å². The zero-order valence-electron chi connectivity index (χ0n) is 10.2. The van der Waals surface area contributed by atoms with Crippen LogP contribution in [0.1, 0.15) is 18.4 Å². The molecule has 0 spiro atoms. The summed E-state index contributed by atoms with van der Waals surface area (Å²) >= 11 is 0. The third kappa shape index (κ3) is 3.46. The number of methoxy groups -OCH3 is 1. The van der Waals surface area contributed by atoms with Gasteiger partial charge in [-0.15, -0.1) is 0 Å². The molecule has 0 heterocycles. The molecule has 17 heavy (non-hydrogen) atoms. The predicted molar refractivity (Wildman–Crippen MR) is 67.4 cm³/mol. The van der Waals surface area contributed by atoms with Gasteiger partial charge in [0.15, 0.2) is 0 Å². The molecule has 4 nitrogen and oxygen atoms in total. The van der Waals surface area contributed by atoms with Crippen LogP contribution in [0.4, 0.5) is 5.69 Å². The Morgan fingerprint density at radius 2 is 2.24 bits per heavy atom. The summed E-state index contributed by atoms with van der Waals surface area (Å²) in [5.41, 5.74) is 1.83. The van der Waals surface area contributed by atoms with Gasteiger partial charge in [-0.2, -0.15) is 0 Å². The average molecular weight is 234 g/mol. The van der Waals surface area contributed by atoms with Crippen molar-refractivity contribution < 1.29 is 9.53 Å². The first-order valence-electron chi connectivity index (χ1n) is 5.87. The highest BCUT2D eigenvalue weighted by Gasteiger charge is 2.21. The zero-order valence-corrected chi connectivity index (χ0v) is 10.2. The lowest BCUT2D eigenvalue weighted by Crippen LogP contribution is -2.29.